The van der Waals surface area contributed by atoms with E-state index in [1.807, 2.05) is 0 Å². The quantitative estimate of drug-likeness (QED) is 0.492. The Labute approximate surface area is 215 Å². The van der Waals surface area contributed by atoms with Crippen LogP contribution in [0.5, 0.6) is 0 Å². The lowest BCUT2D eigenvalue weighted by Gasteiger charge is -2.33. The Bertz CT molecular complexity index is 1340. The molecule has 4 heterocycles. The maximum Gasteiger partial charge on any atom is 0.439 e. The van der Waals surface area contributed by atoms with Crippen LogP contribution >= 0.6 is 0 Å². The van der Waals surface area contributed by atoms with Crippen LogP contribution in [0.1, 0.15) is 65.2 Å². The third-order valence-corrected chi connectivity index (χ3v) is 9.05. The van der Waals surface area contributed by atoms with Crippen LogP contribution in [0.4, 0.5) is 11.8 Å². The number of rotatable bonds is 7. The molecule has 3 aliphatic carbocycles. The molecule has 11 nitrogen and oxygen atoms in total. The fourth-order valence-corrected chi connectivity index (χ4v) is 6.38. The largest absolute Gasteiger partial charge is 0.439 e. The van der Waals surface area contributed by atoms with Gasteiger partial charge in [-0.3, -0.25) is 9.51 Å². The van der Waals surface area contributed by atoms with Gasteiger partial charge < -0.3 is 19.5 Å². The van der Waals surface area contributed by atoms with Crippen molar-refractivity contribution in [1.82, 2.24) is 29.7 Å². The van der Waals surface area contributed by atoms with Crippen LogP contribution in [0.15, 0.2) is 9.32 Å². The van der Waals surface area contributed by atoms with E-state index in [-0.39, 0.29) is 11.9 Å². The summed E-state index contributed by atoms with van der Waals surface area (Å²) >= 11 is 0. The normalized spacial score (nSPS) is 28.6. The molecule has 2 unspecified atom stereocenters. The van der Waals surface area contributed by atoms with Gasteiger partial charge in [0.15, 0.2) is 11.5 Å². The molecule has 1 aliphatic heterocycles. The van der Waals surface area contributed by atoms with Gasteiger partial charge >= 0.3 is 5.76 Å². The number of anilines is 2. The summed E-state index contributed by atoms with van der Waals surface area (Å²) in [7, 11) is 0. The van der Waals surface area contributed by atoms with Crippen molar-refractivity contribution in [3.05, 3.63) is 10.6 Å². The average Bonchev–Trinajstić information content (AvgIpc) is 3.39. The van der Waals surface area contributed by atoms with Crippen LogP contribution in [0.25, 0.3) is 22.8 Å². The highest BCUT2D eigenvalue weighted by Crippen LogP contribution is 2.41. The Kier molecular flexibility index (Phi) is 5.71. The van der Waals surface area contributed by atoms with Crippen LogP contribution in [0.3, 0.4) is 0 Å². The molecule has 0 bridgehead atoms. The summed E-state index contributed by atoms with van der Waals surface area (Å²) in [6.07, 6.45) is 10.1. The van der Waals surface area contributed by atoms with Gasteiger partial charge in [-0.2, -0.15) is 4.98 Å². The summed E-state index contributed by atoms with van der Waals surface area (Å²) in [5.74, 6) is 3.66. The van der Waals surface area contributed by atoms with Crippen LogP contribution in [0, 0.1) is 17.8 Å². The van der Waals surface area contributed by atoms with Crippen molar-refractivity contribution in [2.45, 2.75) is 89.9 Å². The molecule has 3 aromatic heterocycles. The van der Waals surface area contributed by atoms with Gasteiger partial charge in [0.2, 0.25) is 17.6 Å². The molecule has 0 spiro atoms. The number of imidazole rings is 1. The molecule has 1 saturated heterocycles. The van der Waals surface area contributed by atoms with Gasteiger partial charge in [0, 0.05) is 19.1 Å². The Morgan fingerprint density at radius 3 is 2.70 bits per heavy atom. The molecule has 3 aromatic rings. The van der Waals surface area contributed by atoms with E-state index < -0.39 is 5.76 Å². The monoisotopic (exact) mass is 508 g/mol. The third kappa shape index (κ3) is 4.30. The van der Waals surface area contributed by atoms with E-state index in [1.54, 1.807) is 0 Å². The van der Waals surface area contributed by atoms with Crippen molar-refractivity contribution in [3.8, 4) is 11.6 Å². The smallest absolute Gasteiger partial charge is 0.374 e. The topological polar surface area (TPSA) is 127 Å². The summed E-state index contributed by atoms with van der Waals surface area (Å²) in [4.78, 5) is 31.5. The first-order valence-electron chi connectivity index (χ1n) is 14.0. The van der Waals surface area contributed by atoms with Crippen LogP contribution in [0.2, 0.25) is 0 Å². The van der Waals surface area contributed by atoms with Gasteiger partial charge in [-0.05, 0) is 56.8 Å². The highest BCUT2D eigenvalue weighted by molar-refractivity contribution is 5.87. The SMILES string of the molecule is C[C@@H](Nc1nc(-c2noc(=O)[nH]2)nc2nc(N3CCOC4CC43)n(C[C@H]3CC[C@H](C)CC3)c12)C1CCC1. The van der Waals surface area contributed by atoms with E-state index in [2.05, 4.69) is 38.8 Å². The Morgan fingerprint density at radius 2 is 1.97 bits per heavy atom. The highest BCUT2D eigenvalue weighted by Gasteiger charge is 2.47. The molecule has 3 atom stereocenters. The molecular formula is C26H36N8O3. The molecule has 4 aliphatic rings. The van der Waals surface area contributed by atoms with Crippen molar-refractivity contribution >= 4 is 22.9 Å². The molecule has 0 amide bonds. The van der Waals surface area contributed by atoms with E-state index >= 15 is 0 Å². The minimum absolute atomic E-state index is 0.220. The Hall–Kier alpha value is -2.95. The molecule has 7 rings (SSSR count). The third-order valence-electron chi connectivity index (χ3n) is 9.05. The number of ether oxygens (including phenoxy) is 1. The molecule has 0 radical (unpaired) electrons. The van der Waals surface area contributed by atoms with Gasteiger partial charge in [0.1, 0.15) is 5.52 Å². The number of hydrogen-bond donors (Lipinski definition) is 2. The summed E-state index contributed by atoms with van der Waals surface area (Å²) in [5.41, 5.74) is 1.57. The molecular weight excluding hydrogens is 472 g/mol. The number of H-pyrrole nitrogens is 1. The molecule has 0 aromatic carbocycles. The number of morpholine rings is 1. The number of nitrogens with zero attached hydrogens (tertiary/aromatic N) is 6. The summed E-state index contributed by atoms with van der Waals surface area (Å²) < 4.78 is 13.0. The fourth-order valence-electron chi connectivity index (χ4n) is 6.38. The first-order chi connectivity index (χ1) is 18.0. The first-order valence-corrected chi connectivity index (χ1v) is 14.0. The van der Waals surface area contributed by atoms with Crippen molar-refractivity contribution in [3.63, 3.8) is 0 Å². The zero-order valence-corrected chi connectivity index (χ0v) is 21.7. The van der Waals surface area contributed by atoms with Crippen LogP contribution < -0.4 is 16.0 Å². The van der Waals surface area contributed by atoms with E-state index in [1.165, 1.54) is 44.9 Å². The van der Waals surface area contributed by atoms with Crippen LogP contribution in [-0.2, 0) is 11.3 Å². The second-order valence-corrected chi connectivity index (χ2v) is 11.7. The Morgan fingerprint density at radius 1 is 1.14 bits per heavy atom. The predicted octanol–water partition coefficient (Wildman–Crippen LogP) is 3.57. The fraction of sp³-hybridized carbons (Fsp3) is 0.731. The summed E-state index contributed by atoms with van der Waals surface area (Å²) in [6, 6.07) is 0.648. The number of hydrogen-bond acceptors (Lipinski definition) is 9. The summed E-state index contributed by atoms with van der Waals surface area (Å²) in [6.45, 7) is 7.04. The zero-order valence-electron chi connectivity index (χ0n) is 21.7. The number of nitrogens with one attached hydrogen (secondary N) is 2. The summed E-state index contributed by atoms with van der Waals surface area (Å²) in [5, 5.41) is 7.58. The van der Waals surface area contributed by atoms with Crippen molar-refractivity contribution in [2.24, 2.45) is 17.8 Å². The van der Waals surface area contributed by atoms with E-state index in [4.69, 9.17) is 24.2 Å². The number of aromatic nitrogens is 6. The second-order valence-electron chi connectivity index (χ2n) is 11.7. The molecule has 4 fully saturated rings. The maximum absolute atomic E-state index is 11.7. The minimum Gasteiger partial charge on any atom is -0.374 e. The van der Waals surface area contributed by atoms with E-state index in [9.17, 15) is 4.79 Å². The lowest BCUT2D eigenvalue weighted by molar-refractivity contribution is 0.102. The first kappa shape index (κ1) is 23.2. The standard InChI is InChI=1S/C26H36N8O3/c1-14-6-8-16(9-7-14)13-34-20-21(27-15(2)17-4-3-5-17)28-23(24-31-26(35)37-32-24)29-22(20)30-25(34)33-10-11-36-19-12-18(19)33/h14-19H,3-13H2,1-2H3,(H,27,28,29)(H,31,32,35)/t14-,15-,16-,18?,19?/m1/s1. The molecule has 198 valence electrons. The van der Waals surface area contributed by atoms with Gasteiger partial charge in [0.05, 0.1) is 18.8 Å². The molecule has 3 saturated carbocycles. The number of fused-ring (bicyclic) bond motifs is 2. The minimum atomic E-state index is -0.623. The lowest BCUT2D eigenvalue weighted by atomic mass is 9.80. The van der Waals surface area contributed by atoms with E-state index in [0.29, 0.717) is 42.1 Å². The molecule has 37 heavy (non-hydrogen) atoms. The van der Waals surface area contributed by atoms with Gasteiger partial charge in [-0.1, -0.05) is 31.3 Å². The van der Waals surface area contributed by atoms with Crippen LogP contribution in [-0.4, -0.2) is 61.0 Å². The predicted molar refractivity (Wildman–Crippen MR) is 138 cm³/mol. The molecule has 2 N–H and O–H groups in total. The molecule has 11 heteroatoms. The maximum atomic E-state index is 11.7. The second kappa shape index (κ2) is 9.11. The van der Waals surface area contributed by atoms with Gasteiger partial charge in [0.25, 0.3) is 0 Å². The van der Waals surface area contributed by atoms with Gasteiger partial charge in [-0.25, -0.2) is 14.8 Å². The zero-order chi connectivity index (χ0) is 25.1. The lowest BCUT2D eigenvalue weighted by Crippen LogP contribution is -2.38. The van der Waals surface area contributed by atoms with Crippen molar-refractivity contribution in [2.75, 3.05) is 23.4 Å². The highest BCUT2D eigenvalue weighted by atomic mass is 16.5. The van der Waals surface area contributed by atoms with E-state index in [0.717, 1.165) is 42.7 Å². The average molecular weight is 509 g/mol. The number of aromatic amines is 1. The Balaban J connectivity index is 1.35. The van der Waals surface area contributed by atoms with Crippen molar-refractivity contribution < 1.29 is 9.26 Å². The van der Waals surface area contributed by atoms with Crippen molar-refractivity contribution in [1.29, 1.82) is 0 Å². The van der Waals surface area contributed by atoms with Gasteiger partial charge in [-0.15, -0.1) is 0 Å².